The van der Waals surface area contributed by atoms with Gasteiger partial charge in [0.25, 0.3) is 5.91 Å². The molecule has 262 valence electrons. The van der Waals surface area contributed by atoms with Gasteiger partial charge in [0.05, 0.1) is 11.5 Å². The van der Waals surface area contributed by atoms with E-state index in [1.54, 1.807) is 6.07 Å². The Morgan fingerprint density at radius 3 is 1.96 bits per heavy atom. The Labute approximate surface area is 294 Å². The third-order valence-corrected chi connectivity index (χ3v) is 9.31. The highest BCUT2D eigenvalue weighted by Crippen LogP contribution is 2.29. The maximum absolute atomic E-state index is 12.1. The molecule has 2 heterocycles. The SMILES string of the molecule is CC(C)(C)c1ccc(C(N)=O)s1.CCCCCCCOc1ccc(-c2cnc(-c3ccc(CCC(=O)NC(C)(C)C(=O)O)cc3)nc2)cc1. The number of aromatic nitrogens is 2. The van der Waals surface area contributed by atoms with Gasteiger partial charge < -0.3 is 20.9 Å². The van der Waals surface area contributed by atoms with Crippen molar-refractivity contribution in [1.29, 1.82) is 0 Å². The van der Waals surface area contributed by atoms with Gasteiger partial charge in [0.15, 0.2) is 5.82 Å². The van der Waals surface area contributed by atoms with Crippen LogP contribution in [0.2, 0.25) is 0 Å². The zero-order chi connectivity index (χ0) is 36.0. The van der Waals surface area contributed by atoms with Crippen LogP contribution >= 0.6 is 11.3 Å². The van der Waals surface area contributed by atoms with Gasteiger partial charge in [-0.1, -0.05) is 89.8 Å². The maximum atomic E-state index is 12.1. The predicted octanol–water partition coefficient (Wildman–Crippen LogP) is 8.22. The fourth-order valence-corrected chi connectivity index (χ4v) is 5.60. The van der Waals surface area contributed by atoms with Gasteiger partial charge >= 0.3 is 5.97 Å². The Bertz CT molecular complexity index is 1640. The summed E-state index contributed by atoms with van der Waals surface area (Å²) in [4.78, 5) is 44.9. The number of carbonyl (C=O) groups excluding carboxylic acids is 2. The van der Waals surface area contributed by atoms with Crippen LogP contribution in [0.4, 0.5) is 0 Å². The van der Waals surface area contributed by atoms with Gasteiger partial charge in [0, 0.05) is 34.8 Å². The molecule has 0 aliphatic rings. The largest absolute Gasteiger partial charge is 0.494 e. The number of benzene rings is 2. The molecule has 0 spiro atoms. The van der Waals surface area contributed by atoms with Crippen molar-refractivity contribution in [3.8, 4) is 28.3 Å². The highest BCUT2D eigenvalue weighted by molar-refractivity contribution is 7.14. The number of ether oxygens (including phenoxy) is 1. The molecule has 2 amide bonds. The minimum absolute atomic E-state index is 0.109. The van der Waals surface area contributed by atoms with Crippen LogP contribution in [0.3, 0.4) is 0 Å². The van der Waals surface area contributed by atoms with Gasteiger partial charge in [-0.05, 0) is 67.5 Å². The Kier molecular flexibility index (Phi) is 14.5. The summed E-state index contributed by atoms with van der Waals surface area (Å²) in [5.41, 5.74) is 7.79. The first-order chi connectivity index (χ1) is 23.2. The van der Waals surface area contributed by atoms with E-state index in [4.69, 9.17) is 15.6 Å². The van der Waals surface area contributed by atoms with Crippen molar-refractivity contribution in [2.45, 2.75) is 97.4 Å². The lowest BCUT2D eigenvalue weighted by Gasteiger charge is -2.20. The van der Waals surface area contributed by atoms with Crippen molar-refractivity contribution in [3.63, 3.8) is 0 Å². The van der Waals surface area contributed by atoms with E-state index < -0.39 is 11.5 Å². The summed E-state index contributed by atoms with van der Waals surface area (Å²) in [6.45, 7) is 12.2. The molecular formula is C39H50N4O5S. The molecule has 49 heavy (non-hydrogen) atoms. The molecule has 0 saturated heterocycles. The number of hydrogen-bond donors (Lipinski definition) is 3. The molecule has 0 radical (unpaired) electrons. The normalized spacial score (nSPS) is 11.3. The van der Waals surface area contributed by atoms with E-state index in [1.807, 2.05) is 67.0 Å². The second-order valence-corrected chi connectivity index (χ2v) is 14.6. The number of carbonyl (C=O) groups is 3. The average Bonchev–Trinajstić information content (AvgIpc) is 3.58. The zero-order valence-corrected chi connectivity index (χ0v) is 30.4. The van der Waals surface area contributed by atoms with E-state index >= 15 is 0 Å². The summed E-state index contributed by atoms with van der Waals surface area (Å²) in [7, 11) is 0. The molecule has 0 atom stereocenters. The number of carboxylic acid groups (broad SMARTS) is 1. The van der Waals surface area contributed by atoms with E-state index in [-0.39, 0.29) is 23.7 Å². The van der Waals surface area contributed by atoms with Crippen LogP contribution < -0.4 is 15.8 Å². The molecule has 0 aliphatic carbocycles. The van der Waals surface area contributed by atoms with Crippen LogP contribution in [0, 0.1) is 0 Å². The van der Waals surface area contributed by atoms with Crippen LogP contribution in [0.25, 0.3) is 22.5 Å². The first-order valence-corrected chi connectivity index (χ1v) is 17.6. The first kappa shape index (κ1) is 38.9. The van der Waals surface area contributed by atoms with Gasteiger partial charge in [0.1, 0.15) is 11.3 Å². The second kappa shape index (κ2) is 18.3. The van der Waals surface area contributed by atoms with Gasteiger partial charge in [-0.3, -0.25) is 9.59 Å². The van der Waals surface area contributed by atoms with E-state index in [2.05, 4.69) is 43.0 Å². The number of thiophene rings is 1. The van der Waals surface area contributed by atoms with Crippen molar-refractivity contribution in [1.82, 2.24) is 15.3 Å². The van der Waals surface area contributed by atoms with Gasteiger partial charge in [-0.2, -0.15) is 0 Å². The lowest BCUT2D eigenvalue weighted by Crippen LogP contribution is -2.49. The quantitative estimate of drug-likeness (QED) is 0.107. The summed E-state index contributed by atoms with van der Waals surface area (Å²) in [6.07, 6.45) is 10.5. The summed E-state index contributed by atoms with van der Waals surface area (Å²) in [5.74, 6) is -0.196. The zero-order valence-electron chi connectivity index (χ0n) is 29.5. The van der Waals surface area contributed by atoms with Crippen LogP contribution in [-0.4, -0.2) is 45.0 Å². The summed E-state index contributed by atoms with van der Waals surface area (Å²) in [6, 6.07) is 19.5. The van der Waals surface area contributed by atoms with E-state index in [1.165, 1.54) is 55.7 Å². The topological polar surface area (TPSA) is 144 Å². The standard InChI is InChI=1S/C30H37N3O4.C9H13NOS/c1-4-5-6-7-8-19-37-26-16-14-23(15-17-26)25-20-31-28(32-21-25)24-12-9-22(10-13-24)11-18-27(34)33-30(2,3)29(35)36;1-9(2,3)7-5-4-6(12-7)8(10)11/h9-10,12-17,20-21H,4-8,11,18-19H2,1-3H3,(H,33,34)(H,35,36);4-5H,1-3H3,(H2,10,11). The van der Waals surface area contributed by atoms with Crippen LogP contribution in [0.5, 0.6) is 5.75 Å². The fourth-order valence-electron chi connectivity index (χ4n) is 4.68. The molecule has 2 aromatic carbocycles. The molecule has 10 heteroatoms. The number of nitrogens with one attached hydrogen (secondary N) is 1. The number of unbranched alkanes of at least 4 members (excludes halogenated alkanes) is 4. The highest BCUT2D eigenvalue weighted by atomic mass is 32.1. The molecule has 2 aromatic heterocycles. The fraction of sp³-hybridized carbons (Fsp3) is 0.410. The van der Waals surface area contributed by atoms with Crippen molar-refractivity contribution < 1.29 is 24.2 Å². The summed E-state index contributed by atoms with van der Waals surface area (Å²) < 4.78 is 5.85. The monoisotopic (exact) mass is 686 g/mol. The second-order valence-electron chi connectivity index (χ2n) is 13.5. The number of primary amides is 1. The summed E-state index contributed by atoms with van der Waals surface area (Å²) >= 11 is 1.47. The highest BCUT2D eigenvalue weighted by Gasteiger charge is 2.28. The van der Waals surface area contributed by atoms with Gasteiger partial charge in [0.2, 0.25) is 5.91 Å². The average molecular weight is 687 g/mol. The minimum Gasteiger partial charge on any atom is -0.494 e. The van der Waals surface area contributed by atoms with Crippen molar-refractivity contribution in [2.75, 3.05) is 6.61 Å². The van der Waals surface area contributed by atoms with Crippen LogP contribution in [0.1, 0.15) is 100 Å². The molecule has 0 unspecified atom stereocenters. The molecule has 9 nitrogen and oxygen atoms in total. The number of nitrogens with two attached hydrogens (primary N) is 1. The number of hydrogen-bond acceptors (Lipinski definition) is 7. The van der Waals surface area contributed by atoms with Crippen molar-refractivity contribution >= 4 is 29.1 Å². The van der Waals surface area contributed by atoms with Crippen molar-refractivity contribution in [2.24, 2.45) is 5.73 Å². The number of carboxylic acids is 1. The van der Waals surface area contributed by atoms with Crippen LogP contribution in [0.15, 0.2) is 73.1 Å². The Balaban J connectivity index is 0.000000456. The Hall–Kier alpha value is -4.57. The number of nitrogens with zero attached hydrogens (tertiary/aromatic N) is 2. The maximum Gasteiger partial charge on any atom is 0.328 e. The number of amides is 2. The lowest BCUT2D eigenvalue weighted by molar-refractivity contribution is -0.146. The van der Waals surface area contributed by atoms with E-state index in [0.29, 0.717) is 17.1 Å². The lowest BCUT2D eigenvalue weighted by atomic mass is 9.95. The van der Waals surface area contributed by atoms with Gasteiger partial charge in [-0.25, -0.2) is 14.8 Å². The Morgan fingerprint density at radius 1 is 0.816 bits per heavy atom. The van der Waals surface area contributed by atoms with Crippen LogP contribution in [-0.2, 0) is 21.4 Å². The van der Waals surface area contributed by atoms with Gasteiger partial charge in [-0.15, -0.1) is 11.3 Å². The molecule has 0 bridgehead atoms. The Morgan fingerprint density at radius 2 is 1.43 bits per heavy atom. The van der Waals surface area contributed by atoms with E-state index in [0.717, 1.165) is 41.0 Å². The molecule has 4 N–H and O–H groups in total. The molecule has 4 rings (SSSR count). The third-order valence-electron chi connectivity index (χ3n) is 7.78. The predicted molar refractivity (Wildman–Crippen MR) is 197 cm³/mol. The smallest absolute Gasteiger partial charge is 0.328 e. The number of rotatable bonds is 15. The molecule has 0 aliphatic heterocycles. The molecule has 0 fully saturated rings. The number of aryl methyl sites for hydroxylation is 1. The molecule has 0 saturated carbocycles. The van der Waals surface area contributed by atoms with Crippen molar-refractivity contribution in [3.05, 3.63) is 88.4 Å². The third kappa shape index (κ3) is 12.8. The molecular weight excluding hydrogens is 637 g/mol. The summed E-state index contributed by atoms with van der Waals surface area (Å²) in [5, 5.41) is 11.7. The first-order valence-electron chi connectivity index (χ1n) is 16.8. The molecule has 4 aromatic rings. The minimum atomic E-state index is -1.28. The van der Waals surface area contributed by atoms with E-state index in [9.17, 15) is 14.4 Å². The number of aliphatic carboxylic acids is 1.